The molecule has 0 amide bonds. The van der Waals surface area contributed by atoms with Gasteiger partial charge in [-0.2, -0.15) is 0 Å². The van der Waals surface area contributed by atoms with E-state index in [1.165, 1.54) is 6.92 Å². The fraction of sp³-hybridized carbons (Fsp3) is 0.400. The van der Waals surface area contributed by atoms with Gasteiger partial charge in [-0.05, 0) is 44.0 Å². The molecule has 124 valence electrons. The standard InChI is InChI=1S/C20H21NO3/c1-12(22)14-9-17-15(19(10-14)24-13(2)23)11-18-16-5-3-4-6-20(16,17)7-8-21-18/h3-6,9-10,16,18,21H,7-8,11H2,1-2H3/t16-,18+,20+/m0/s1. The van der Waals surface area contributed by atoms with E-state index in [2.05, 4.69) is 29.6 Å². The molecule has 3 atom stereocenters. The Kier molecular flexibility index (Phi) is 3.46. The maximum absolute atomic E-state index is 12.0. The first-order chi connectivity index (χ1) is 11.5. The lowest BCUT2D eigenvalue weighted by Gasteiger charge is -2.52. The molecular formula is C20H21NO3. The van der Waals surface area contributed by atoms with Gasteiger partial charge in [0.1, 0.15) is 5.75 Å². The molecule has 1 fully saturated rings. The van der Waals surface area contributed by atoms with E-state index in [1.807, 2.05) is 6.07 Å². The van der Waals surface area contributed by atoms with Crippen molar-refractivity contribution in [2.24, 2.45) is 5.92 Å². The summed E-state index contributed by atoms with van der Waals surface area (Å²) in [6.45, 7) is 3.91. The van der Waals surface area contributed by atoms with E-state index in [0.717, 1.165) is 30.5 Å². The molecule has 1 heterocycles. The number of ketones is 1. The molecule has 2 aliphatic carbocycles. The first kappa shape index (κ1) is 15.3. The third-order valence-electron chi connectivity index (χ3n) is 5.59. The third-order valence-corrected chi connectivity index (χ3v) is 5.59. The van der Waals surface area contributed by atoms with Crippen LogP contribution >= 0.6 is 0 Å². The summed E-state index contributed by atoms with van der Waals surface area (Å²) in [5, 5.41) is 3.61. The summed E-state index contributed by atoms with van der Waals surface area (Å²) < 4.78 is 5.48. The van der Waals surface area contributed by atoms with Gasteiger partial charge in [-0.3, -0.25) is 9.59 Å². The Balaban J connectivity index is 1.97. The summed E-state index contributed by atoms with van der Waals surface area (Å²) in [6.07, 6.45) is 10.5. The predicted molar refractivity (Wildman–Crippen MR) is 91.3 cm³/mol. The predicted octanol–water partition coefficient (Wildman–Crippen LogP) is 2.71. The van der Waals surface area contributed by atoms with Crippen LogP contribution in [-0.2, 0) is 16.6 Å². The molecule has 24 heavy (non-hydrogen) atoms. The first-order valence-corrected chi connectivity index (χ1v) is 8.47. The third kappa shape index (κ3) is 2.17. The number of esters is 1. The van der Waals surface area contributed by atoms with Crippen molar-refractivity contribution in [3.8, 4) is 5.75 Å². The summed E-state index contributed by atoms with van der Waals surface area (Å²) >= 11 is 0. The van der Waals surface area contributed by atoms with E-state index in [-0.39, 0.29) is 17.2 Å². The van der Waals surface area contributed by atoms with Crippen LogP contribution in [0.25, 0.3) is 0 Å². The van der Waals surface area contributed by atoms with Crippen LogP contribution in [0.15, 0.2) is 36.4 Å². The molecule has 1 aromatic rings. The van der Waals surface area contributed by atoms with Crippen molar-refractivity contribution in [3.63, 3.8) is 0 Å². The van der Waals surface area contributed by atoms with Gasteiger partial charge in [0.25, 0.3) is 0 Å². The molecule has 4 rings (SSSR count). The second-order valence-corrected chi connectivity index (χ2v) is 6.98. The van der Waals surface area contributed by atoms with E-state index in [4.69, 9.17) is 4.74 Å². The number of carbonyl (C=O) groups is 2. The highest BCUT2D eigenvalue weighted by Crippen LogP contribution is 2.51. The highest BCUT2D eigenvalue weighted by molar-refractivity contribution is 5.95. The molecule has 0 aromatic heterocycles. The quantitative estimate of drug-likeness (QED) is 0.516. The zero-order valence-electron chi connectivity index (χ0n) is 14.0. The van der Waals surface area contributed by atoms with E-state index in [0.29, 0.717) is 23.3 Å². The average molecular weight is 323 g/mol. The molecular weight excluding hydrogens is 302 g/mol. The van der Waals surface area contributed by atoms with E-state index in [1.54, 1.807) is 13.0 Å². The maximum atomic E-state index is 12.0. The number of Topliss-reactive ketones (excluding diaryl/α,β-unsaturated/α-hetero) is 1. The van der Waals surface area contributed by atoms with Crippen LogP contribution in [0.4, 0.5) is 0 Å². The molecule has 0 saturated carbocycles. The van der Waals surface area contributed by atoms with Crippen LogP contribution in [0.3, 0.4) is 0 Å². The van der Waals surface area contributed by atoms with Crippen LogP contribution in [-0.4, -0.2) is 24.3 Å². The Bertz CT molecular complexity index is 792. The number of nitrogens with one attached hydrogen (secondary N) is 1. The van der Waals surface area contributed by atoms with Gasteiger partial charge in [0, 0.05) is 35.4 Å². The summed E-state index contributed by atoms with van der Waals surface area (Å²) in [5.41, 5.74) is 2.70. The molecule has 0 spiro atoms. The number of hydrogen-bond acceptors (Lipinski definition) is 4. The van der Waals surface area contributed by atoms with Crippen molar-refractivity contribution in [2.45, 2.75) is 38.1 Å². The van der Waals surface area contributed by atoms with Gasteiger partial charge in [-0.1, -0.05) is 24.3 Å². The molecule has 1 saturated heterocycles. The van der Waals surface area contributed by atoms with Gasteiger partial charge >= 0.3 is 5.97 Å². The molecule has 1 aliphatic heterocycles. The van der Waals surface area contributed by atoms with E-state index in [9.17, 15) is 9.59 Å². The van der Waals surface area contributed by atoms with Crippen molar-refractivity contribution in [2.75, 3.05) is 6.54 Å². The minimum Gasteiger partial charge on any atom is -0.426 e. The molecule has 0 unspecified atom stereocenters. The van der Waals surface area contributed by atoms with Crippen molar-refractivity contribution < 1.29 is 14.3 Å². The number of ether oxygens (including phenoxy) is 1. The molecule has 0 radical (unpaired) electrons. The van der Waals surface area contributed by atoms with Crippen molar-refractivity contribution in [1.82, 2.24) is 5.32 Å². The van der Waals surface area contributed by atoms with Gasteiger partial charge in [-0.15, -0.1) is 0 Å². The Morgan fingerprint density at radius 3 is 2.83 bits per heavy atom. The number of carbonyl (C=O) groups excluding carboxylic acids is 2. The zero-order valence-corrected chi connectivity index (χ0v) is 14.0. The van der Waals surface area contributed by atoms with Crippen molar-refractivity contribution in [1.29, 1.82) is 0 Å². The van der Waals surface area contributed by atoms with Gasteiger partial charge < -0.3 is 10.1 Å². The van der Waals surface area contributed by atoms with Crippen LogP contribution in [0, 0.1) is 5.92 Å². The summed E-state index contributed by atoms with van der Waals surface area (Å²) in [5.74, 6) is 0.552. The van der Waals surface area contributed by atoms with Crippen LogP contribution in [0.1, 0.15) is 41.8 Å². The maximum Gasteiger partial charge on any atom is 0.308 e. The molecule has 3 aliphatic rings. The van der Waals surface area contributed by atoms with Crippen LogP contribution in [0.2, 0.25) is 0 Å². The van der Waals surface area contributed by atoms with E-state index >= 15 is 0 Å². The number of allylic oxidation sites excluding steroid dienone is 3. The molecule has 2 bridgehead atoms. The molecule has 4 heteroatoms. The number of piperidine rings is 1. The SMILES string of the molecule is CC(=O)Oc1cc(C(C)=O)cc2c1C[C@H]1NCC[C@@]23C=CC=C[C@@H]13. The summed E-state index contributed by atoms with van der Waals surface area (Å²) in [4.78, 5) is 23.6. The second-order valence-electron chi connectivity index (χ2n) is 6.98. The minimum absolute atomic E-state index is 0.00876. The normalized spacial score (nSPS) is 29.6. The number of rotatable bonds is 2. The molecule has 4 nitrogen and oxygen atoms in total. The molecule has 1 aromatic carbocycles. The van der Waals surface area contributed by atoms with Gasteiger partial charge in [0.15, 0.2) is 5.78 Å². The lowest BCUT2D eigenvalue weighted by atomic mass is 9.56. The fourth-order valence-electron chi connectivity index (χ4n) is 4.57. The number of fused-ring (bicyclic) bond motifs is 1. The fourth-order valence-corrected chi connectivity index (χ4v) is 4.57. The monoisotopic (exact) mass is 323 g/mol. The Morgan fingerprint density at radius 1 is 1.25 bits per heavy atom. The minimum atomic E-state index is -0.352. The summed E-state index contributed by atoms with van der Waals surface area (Å²) in [6, 6.07) is 4.06. The molecule has 1 N–H and O–H groups in total. The Morgan fingerprint density at radius 2 is 2.08 bits per heavy atom. The van der Waals surface area contributed by atoms with Gasteiger partial charge in [-0.25, -0.2) is 0 Å². The number of hydrogen-bond donors (Lipinski definition) is 1. The lowest BCUT2D eigenvalue weighted by molar-refractivity contribution is -0.131. The van der Waals surface area contributed by atoms with E-state index < -0.39 is 0 Å². The van der Waals surface area contributed by atoms with Crippen molar-refractivity contribution in [3.05, 3.63) is 53.1 Å². The highest BCUT2D eigenvalue weighted by Gasteiger charge is 2.49. The van der Waals surface area contributed by atoms with Gasteiger partial charge in [0.05, 0.1) is 0 Å². The Labute approximate surface area is 141 Å². The number of benzene rings is 1. The highest BCUT2D eigenvalue weighted by atomic mass is 16.5. The largest absolute Gasteiger partial charge is 0.426 e. The average Bonchev–Trinajstić information content (AvgIpc) is 2.54. The first-order valence-electron chi connectivity index (χ1n) is 8.47. The second kappa shape index (κ2) is 5.42. The van der Waals surface area contributed by atoms with Crippen molar-refractivity contribution >= 4 is 11.8 Å². The smallest absolute Gasteiger partial charge is 0.308 e. The van der Waals surface area contributed by atoms with Crippen LogP contribution in [0.5, 0.6) is 5.75 Å². The topological polar surface area (TPSA) is 55.4 Å². The van der Waals surface area contributed by atoms with Gasteiger partial charge in [0.2, 0.25) is 0 Å². The summed E-state index contributed by atoms with van der Waals surface area (Å²) in [7, 11) is 0. The lowest BCUT2D eigenvalue weighted by Crippen LogP contribution is -2.57. The Hall–Kier alpha value is -2.20. The van der Waals surface area contributed by atoms with Crippen LogP contribution < -0.4 is 10.1 Å². The zero-order chi connectivity index (χ0) is 16.9.